The van der Waals surface area contributed by atoms with E-state index in [1.165, 1.54) is 0 Å². The molecule has 4 unspecified atom stereocenters. The molecule has 0 spiro atoms. The minimum Gasteiger partial charge on any atom is -0.365 e. The molecule has 2 aliphatic rings. The van der Waals surface area contributed by atoms with Gasteiger partial charge < -0.3 is 15.4 Å². The molecule has 2 rings (SSSR count). The predicted molar refractivity (Wildman–Crippen MR) is 62.0 cm³/mol. The van der Waals surface area contributed by atoms with Crippen molar-refractivity contribution in [3.05, 3.63) is 0 Å². The quantitative estimate of drug-likeness (QED) is 0.722. The summed E-state index contributed by atoms with van der Waals surface area (Å²) in [5, 5.41) is 0. The third-order valence-electron chi connectivity index (χ3n) is 3.71. The number of nitrogens with two attached hydrogens (primary N) is 1. The predicted octanol–water partition coefficient (Wildman–Crippen LogP) is 0.892. The molecule has 2 aliphatic heterocycles. The van der Waals surface area contributed by atoms with E-state index in [9.17, 15) is 4.79 Å². The van der Waals surface area contributed by atoms with E-state index >= 15 is 0 Å². The van der Waals surface area contributed by atoms with Crippen molar-refractivity contribution in [1.29, 1.82) is 0 Å². The molecule has 0 saturated carbocycles. The van der Waals surface area contributed by atoms with Crippen molar-refractivity contribution >= 4 is 5.91 Å². The Kier molecular flexibility index (Phi) is 3.50. The van der Waals surface area contributed by atoms with Crippen LogP contribution in [-0.2, 0) is 9.53 Å². The Morgan fingerprint density at radius 2 is 2.06 bits per heavy atom. The van der Waals surface area contributed by atoms with Crippen molar-refractivity contribution in [2.24, 2.45) is 5.73 Å². The van der Waals surface area contributed by atoms with Gasteiger partial charge in [-0.2, -0.15) is 0 Å². The van der Waals surface area contributed by atoms with Crippen LogP contribution in [0.2, 0.25) is 0 Å². The summed E-state index contributed by atoms with van der Waals surface area (Å²) < 4.78 is 5.63. The molecule has 4 heteroatoms. The Balaban J connectivity index is 1.94. The highest BCUT2D eigenvalue weighted by atomic mass is 16.5. The van der Waals surface area contributed by atoms with Gasteiger partial charge in [-0.3, -0.25) is 4.79 Å². The van der Waals surface area contributed by atoms with Gasteiger partial charge in [-0.25, -0.2) is 0 Å². The van der Waals surface area contributed by atoms with E-state index < -0.39 is 0 Å². The molecule has 0 aromatic rings. The van der Waals surface area contributed by atoms with Gasteiger partial charge in [0.25, 0.3) is 5.91 Å². The fraction of sp³-hybridized carbons (Fsp3) is 0.917. The molecule has 2 heterocycles. The van der Waals surface area contributed by atoms with Crippen LogP contribution in [0.15, 0.2) is 0 Å². The zero-order valence-electron chi connectivity index (χ0n) is 10.2. The van der Waals surface area contributed by atoms with Gasteiger partial charge in [-0.15, -0.1) is 0 Å². The molecule has 0 bridgehead atoms. The Bertz CT molecular complexity index is 270. The summed E-state index contributed by atoms with van der Waals surface area (Å²) >= 11 is 0. The van der Waals surface area contributed by atoms with Crippen LogP contribution >= 0.6 is 0 Å². The first-order valence-corrected chi connectivity index (χ1v) is 6.29. The number of hydrogen-bond donors (Lipinski definition) is 1. The topological polar surface area (TPSA) is 55.6 Å². The van der Waals surface area contributed by atoms with E-state index in [-0.39, 0.29) is 30.2 Å². The van der Waals surface area contributed by atoms with Gasteiger partial charge in [0, 0.05) is 18.6 Å². The van der Waals surface area contributed by atoms with Crippen molar-refractivity contribution in [2.45, 2.75) is 63.8 Å². The van der Waals surface area contributed by atoms with Gasteiger partial charge in [0.2, 0.25) is 0 Å². The van der Waals surface area contributed by atoms with Crippen LogP contribution in [0.1, 0.15) is 39.5 Å². The molecule has 0 radical (unpaired) electrons. The maximum absolute atomic E-state index is 12.2. The molecule has 2 N–H and O–H groups in total. The highest BCUT2D eigenvalue weighted by molar-refractivity contribution is 5.81. The number of likely N-dealkylation sites (tertiary alicyclic amines) is 1. The van der Waals surface area contributed by atoms with Crippen molar-refractivity contribution in [3.8, 4) is 0 Å². The van der Waals surface area contributed by atoms with E-state index in [0.29, 0.717) is 0 Å². The number of carbonyl (C=O) groups excluding carboxylic acids is 1. The van der Waals surface area contributed by atoms with Crippen LogP contribution in [0.3, 0.4) is 0 Å². The smallest absolute Gasteiger partial charge is 0.251 e. The maximum Gasteiger partial charge on any atom is 0.251 e. The van der Waals surface area contributed by atoms with Gasteiger partial charge in [0.05, 0.1) is 6.10 Å². The summed E-state index contributed by atoms with van der Waals surface area (Å²) in [6.45, 7) is 4.90. The molecule has 0 aromatic carbocycles. The first-order valence-electron chi connectivity index (χ1n) is 6.29. The zero-order chi connectivity index (χ0) is 11.7. The Labute approximate surface area is 97.1 Å². The van der Waals surface area contributed by atoms with E-state index in [1.807, 2.05) is 11.8 Å². The fourth-order valence-electron chi connectivity index (χ4n) is 2.71. The van der Waals surface area contributed by atoms with Crippen molar-refractivity contribution in [1.82, 2.24) is 4.90 Å². The first-order chi connectivity index (χ1) is 7.58. The number of hydrogen-bond acceptors (Lipinski definition) is 3. The number of amides is 1. The molecular formula is C12H22N2O2. The lowest BCUT2D eigenvalue weighted by molar-refractivity contribution is -0.146. The first kappa shape index (κ1) is 11.9. The minimum atomic E-state index is -0.202. The molecule has 92 valence electrons. The average Bonchev–Trinajstić information content (AvgIpc) is 2.64. The summed E-state index contributed by atoms with van der Waals surface area (Å²) in [5.41, 5.74) is 5.89. The van der Waals surface area contributed by atoms with Crippen molar-refractivity contribution < 1.29 is 9.53 Å². The maximum atomic E-state index is 12.2. The number of ether oxygens (including phenoxy) is 1. The number of nitrogens with zero attached hydrogens (tertiary/aromatic N) is 1. The van der Waals surface area contributed by atoms with Gasteiger partial charge in [0.15, 0.2) is 0 Å². The van der Waals surface area contributed by atoms with E-state index in [0.717, 1.165) is 32.2 Å². The molecule has 16 heavy (non-hydrogen) atoms. The average molecular weight is 226 g/mol. The molecule has 0 aromatic heterocycles. The Morgan fingerprint density at radius 1 is 1.31 bits per heavy atom. The van der Waals surface area contributed by atoms with Gasteiger partial charge in [-0.1, -0.05) is 0 Å². The van der Waals surface area contributed by atoms with Crippen LogP contribution < -0.4 is 5.73 Å². The van der Waals surface area contributed by atoms with Crippen molar-refractivity contribution in [3.63, 3.8) is 0 Å². The standard InChI is InChI=1S/C12H22N2O2/c1-8-7-10(13)5-6-14(8)12(15)11-4-3-9(2)16-11/h8-11H,3-7,13H2,1-2H3. The van der Waals surface area contributed by atoms with E-state index in [4.69, 9.17) is 10.5 Å². The largest absolute Gasteiger partial charge is 0.365 e. The molecular weight excluding hydrogens is 204 g/mol. The fourth-order valence-corrected chi connectivity index (χ4v) is 2.71. The third-order valence-corrected chi connectivity index (χ3v) is 3.71. The second kappa shape index (κ2) is 4.72. The van der Waals surface area contributed by atoms with Gasteiger partial charge >= 0.3 is 0 Å². The zero-order valence-corrected chi connectivity index (χ0v) is 10.2. The molecule has 2 saturated heterocycles. The highest BCUT2D eigenvalue weighted by Crippen LogP contribution is 2.24. The Hall–Kier alpha value is -0.610. The summed E-state index contributed by atoms with van der Waals surface area (Å²) in [6, 6.07) is 0.512. The number of rotatable bonds is 1. The third kappa shape index (κ3) is 2.38. The SMILES string of the molecule is CC1CCC(C(=O)N2CCC(N)CC2C)O1. The van der Waals surface area contributed by atoms with E-state index in [2.05, 4.69) is 6.92 Å². The van der Waals surface area contributed by atoms with Crippen LogP contribution in [0.25, 0.3) is 0 Å². The summed E-state index contributed by atoms with van der Waals surface area (Å²) in [6.07, 6.45) is 3.72. The molecule has 4 atom stereocenters. The lowest BCUT2D eigenvalue weighted by atomic mass is 9.98. The summed E-state index contributed by atoms with van der Waals surface area (Å²) in [4.78, 5) is 14.2. The van der Waals surface area contributed by atoms with Crippen LogP contribution in [0.4, 0.5) is 0 Å². The lowest BCUT2D eigenvalue weighted by Crippen LogP contribution is -2.51. The lowest BCUT2D eigenvalue weighted by Gasteiger charge is -2.37. The highest BCUT2D eigenvalue weighted by Gasteiger charge is 2.35. The summed E-state index contributed by atoms with van der Waals surface area (Å²) in [7, 11) is 0. The summed E-state index contributed by atoms with van der Waals surface area (Å²) in [5.74, 6) is 0.170. The van der Waals surface area contributed by atoms with Crippen molar-refractivity contribution in [2.75, 3.05) is 6.54 Å². The second-order valence-corrected chi connectivity index (χ2v) is 5.18. The number of carbonyl (C=O) groups is 1. The van der Waals surface area contributed by atoms with Crippen LogP contribution in [0.5, 0.6) is 0 Å². The van der Waals surface area contributed by atoms with Crippen LogP contribution in [0, 0.1) is 0 Å². The Morgan fingerprint density at radius 3 is 2.62 bits per heavy atom. The monoisotopic (exact) mass is 226 g/mol. The normalized spacial score (nSPS) is 40.1. The molecule has 2 fully saturated rings. The van der Waals surface area contributed by atoms with Gasteiger partial charge in [0.1, 0.15) is 6.10 Å². The van der Waals surface area contributed by atoms with Crippen LogP contribution in [-0.4, -0.2) is 41.6 Å². The van der Waals surface area contributed by atoms with E-state index in [1.54, 1.807) is 0 Å². The molecule has 1 amide bonds. The second-order valence-electron chi connectivity index (χ2n) is 5.18. The minimum absolute atomic E-state index is 0.170. The molecule has 4 nitrogen and oxygen atoms in total. The van der Waals surface area contributed by atoms with Gasteiger partial charge in [-0.05, 0) is 39.5 Å². The number of piperidine rings is 1. The molecule has 0 aliphatic carbocycles.